The number of carbonyl (C=O) groups is 1. The molecule has 30 heavy (non-hydrogen) atoms. The predicted octanol–water partition coefficient (Wildman–Crippen LogP) is 3.68. The molecule has 1 aliphatic carbocycles. The van der Waals surface area contributed by atoms with Crippen LogP contribution in [0.5, 0.6) is 5.75 Å². The van der Waals surface area contributed by atoms with E-state index in [-0.39, 0.29) is 27.7 Å². The van der Waals surface area contributed by atoms with E-state index in [4.69, 9.17) is 11.6 Å². The zero-order valence-corrected chi connectivity index (χ0v) is 18.6. The van der Waals surface area contributed by atoms with Crippen LogP contribution >= 0.6 is 11.6 Å². The summed E-state index contributed by atoms with van der Waals surface area (Å²) >= 11 is 6.22. The van der Waals surface area contributed by atoms with Crippen LogP contribution in [0.1, 0.15) is 45.4 Å². The van der Waals surface area contributed by atoms with Crippen LogP contribution in [0, 0.1) is 0 Å². The highest BCUT2D eigenvalue weighted by molar-refractivity contribution is 7.92. The van der Waals surface area contributed by atoms with Crippen molar-refractivity contribution in [3.05, 3.63) is 28.8 Å². The zero-order valence-electron chi connectivity index (χ0n) is 17.0. The molecule has 2 amide bonds. The Balaban J connectivity index is 1.54. The van der Waals surface area contributed by atoms with Gasteiger partial charge in [-0.25, -0.2) is 13.2 Å². The maximum atomic E-state index is 13.4. The summed E-state index contributed by atoms with van der Waals surface area (Å²) in [7, 11) is -3.84. The van der Waals surface area contributed by atoms with Gasteiger partial charge in [-0.3, -0.25) is 0 Å². The van der Waals surface area contributed by atoms with Crippen molar-refractivity contribution in [1.82, 2.24) is 10.2 Å². The molecule has 0 spiro atoms. The number of nitrogens with one attached hydrogen (secondary N) is 2. The summed E-state index contributed by atoms with van der Waals surface area (Å²) < 4.78 is 26.8. The molecular formula is C21H28ClN3O4S. The summed E-state index contributed by atoms with van der Waals surface area (Å²) in [5.41, 5.74) is 1.13. The Morgan fingerprint density at radius 1 is 1.23 bits per heavy atom. The van der Waals surface area contributed by atoms with Gasteiger partial charge in [0, 0.05) is 6.04 Å². The van der Waals surface area contributed by atoms with Gasteiger partial charge in [0.1, 0.15) is 4.90 Å². The second kappa shape index (κ2) is 8.40. The van der Waals surface area contributed by atoms with Crippen molar-refractivity contribution < 1.29 is 18.3 Å². The SMILES string of the molecule is CC1=CCC[C@H]1NC(=O)Nc1ccc(Cl)c(S(=O)(=O)C2CCN3CCC[C@H]3C2)c1O. The highest BCUT2D eigenvalue weighted by Gasteiger charge is 2.40. The molecule has 2 saturated heterocycles. The van der Waals surface area contributed by atoms with Gasteiger partial charge in [-0.15, -0.1) is 0 Å². The maximum absolute atomic E-state index is 13.4. The Kier molecular flexibility index (Phi) is 6.01. The van der Waals surface area contributed by atoms with Gasteiger partial charge in [0.25, 0.3) is 0 Å². The highest BCUT2D eigenvalue weighted by atomic mass is 35.5. The molecular weight excluding hydrogens is 426 g/mol. The van der Waals surface area contributed by atoms with Crippen LogP contribution in [-0.2, 0) is 9.84 Å². The van der Waals surface area contributed by atoms with Gasteiger partial charge in [0.15, 0.2) is 15.6 Å². The number of benzene rings is 1. The third-order valence-electron chi connectivity index (χ3n) is 6.60. The lowest BCUT2D eigenvalue weighted by Gasteiger charge is -2.34. The lowest BCUT2D eigenvalue weighted by molar-refractivity contribution is 0.199. The summed E-state index contributed by atoms with van der Waals surface area (Å²) in [6, 6.07) is 2.56. The van der Waals surface area contributed by atoms with Gasteiger partial charge in [-0.2, -0.15) is 0 Å². The quantitative estimate of drug-likeness (QED) is 0.477. The van der Waals surface area contributed by atoms with Crippen LogP contribution in [0.2, 0.25) is 5.02 Å². The van der Waals surface area contributed by atoms with Crippen molar-refractivity contribution in [3.8, 4) is 5.75 Å². The first-order valence-corrected chi connectivity index (χ1v) is 12.4. The molecule has 0 saturated carbocycles. The Morgan fingerprint density at radius 3 is 2.77 bits per heavy atom. The van der Waals surface area contributed by atoms with E-state index in [0.29, 0.717) is 12.8 Å². The number of amides is 2. The van der Waals surface area contributed by atoms with E-state index >= 15 is 0 Å². The van der Waals surface area contributed by atoms with Crippen molar-refractivity contribution >= 4 is 33.2 Å². The average molecular weight is 454 g/mol. The van der Waals surface area contributed by atoms with Gasteiger partial charge in [-0.1, -0.05) is 23.3 Å². The molecule has 1 aromatic carbocycles. The number of aromatic hydroxyl groups is 1. The second-order valence-electron chi connectivity index (χ2n) is 8.47. The molecule has 0 radical (unpaired) electrons. The van der Waals surface area contributed by atoms with Crippen molar-refractivity contribution in [3.63, 3.8) is 0 Å². The third-order valence-corrected chi connectivity index (χ3v) is 9.32. The molecule has 3 atom stereocenters. The highest BCUT2D eigenvalue weighted by Crippen LogP contribution is 2.41. The number of allylic oxidation sites excluding steroid dienone is 1. The van der Waals surface area contributed by atoms with E-state index in [2.05, 4.69) is 21.6 Å². The summed E-state index contributed by atoms with van der Waals surface area (Å²) in [5, 5.41) is 15.6. The molecule has 0 aromatic heterocycles. The van der Waals surface area contributed by atoms with Gasteiger partial charge >= 0.3 is 6.03 Å². The molecule has 164 valence electrons. The Morgan fingerprint density at radius 2 is 2.03 bits per heavy atom. The van der Waals surface area contributed by atoms with Gasteiger partial charge in [-0.05, 0) is 70.7 Å². The summed E-state index contributed by atoms with van der Waals surface area (Å²) in [5.74, 6) is -0.495. The number of sulfone groups is 1. The maximum Gasteiger partial charge on any atom is 0.319 e. The van der Waals surface area contributed by atoms with Crippen molar-refractivity contribution in [2.24, 2.45) is 0 Å². The first-order valence-electron chi connectivity index (χ1n) is 10.5. The molecule has 0 bridgehead atoms. The number of carbonyl (C=O) groups excluding carboxylic acids is 1. The molecule has 7 nitrogen and oxygen atoms in total. The number of phenols is 1. The zero-order chi connectivity index (χ0) is 21.5. The van der Waals surface area contributed by atoms with Crippen LogP contribution in [0.4, 0.5) is 10.5 Å². The minimum atomic E-state index is -3.84. The van der Waals surface area contributed by atoms with Gasteiger partial charge in [0.2, 0.25) is 0 Å². The first kappa shape index (κ1) is 21.5. The smallest absolute Gasteiger partial charge is 0.319 e. The van der Waals surface area contributed by atoms with E-state index in [0.717, 1.165) is 44.3 Å². The van der Waals surface area contributed by atoms with E-state index in [9.17, 15) is 18.3 Å². The fraction of sp³-hybridized carbons (Fsp3) is 0.571. The largest absolute Gasteiger partial charge is 0.504 e. The summed E-state index contributed by atoms with van der Waals surface area (Å²) in [4.78, 5) is 14.5. The fourth-order valence-electron chi connectivity index (χ4n) is 4.90. The third kappa shape index (κ3) is 4.05. The molecule has 4 rings (SSSR count). The van der Waals surface area contributed by atoms with E-state index < -0.39 is 26.9 Å². The Hall–Kier alpha value is -1.77. The number of piperidine rings is 1. The van der Waals surface area contributed by atoms with Crippen LogP contribution in [-0.4, -0.2) is 54.9 Å². The van der Waals surface area contributed by atoms with Crippen molar-refractivity contribution in [1.29, 1.82) is 0 Å². The van der Waals surface area contributed by atoms with Crippen LogP contribution in [0.3, 0.4) is 0 Å². The molecule has 2 aliphatic heterocycles. The predicted molar refractivity (Wildman–Crippen MR) is 117 cm³/mol. The number of rotatable bonds is 4. The number of hydrogen-bond donors (Lipinski definition) is 3. The summed E-state index contributed by atoms with van der Waals surface area (Å²) in [6.07, 6.45) is 6.96. The fourth-order valence-corrected chi connectivity index (χ4v) is 7.32. The van der Waals surface area contributed by atoms with E-state index in [1.807, 2.05) is 6.92 Å². The van der Waals surface area contributed by atoms with Crippen molar-refractivity contribution in [2.45, 2.75) is 67.7 Å². The molecule has 9 heteroatoms. The van der Waals surface area contributed by atoms with Gasteiger partial charge < -0.3 is 20.6 Å². The molecule has 2 fully saturated rings. The number of urea groups is 1. The Labute approximate surface area is 182 Å². The number of halogens is 1. The lowest BCUT2D eigenvalue weighted by Crippen LogP contribution is -2.43. The van der Waals surface area contributed by atoms with Crippen LogP contribution in [0.25, 0.3) is 0 Å². The van der Waals surface area contributed by atoms with E-state index in [1.165, 1.54) is 12.1 Å². The topological polar surface area (TPSA) is 98.7 Å². The normalized spacial score (nSPS) is 26.9. The van der Waals surface area contributed by atoms with Crippen LogP contribution < -0.4 is 10.6 Å². The number of nitrogens with zero attached hydrogens (tertiary/aromatic N) is 1. The minimum absolute atomic E-state index is 0.0260. The number of phenolic OH excluding ortho intramolecular Hbond substituents is 1. The Bertz CT molecular complexity index is 979. The molecule has 3 N–H and O–H groups in total. The average Bonchev–Trinajstić information content (AvgIpc) is 3.32. The van der Waals surface area contributed by atoms with E-state index in [1.54, 1.807) is 0 Å². The monoisotopic (exact) mass is 453 g/mol. The minimum Gasteiger partial charge on any atom is -0.504 e. The lowest BCUT2D eigenvalue weighted by atomic mass is 10.0. The molecule has 3 aliphatic rings. The number of hydrogen-bond acceptors (Lipinski definition) is 5. The number of anilines is 1. The second-order valence-corrected chi connectivity index (χ2v) is 11.0. The van der Waals surface area contributed by atoms with Crippen molar-refractivity contribution in [2.75, 3.05) is 18.4 Å². The molecule has 2 heterocycles. The first-order chi connectivity index (χ1) is 14.3. The summed E-state index contributed by atoms with van der Waals surface area (Å²) in [6.45, 7) is 3.72. The molecule has 1 unspecified atom stereocenters. The standard InChI is InChI=1S/C21H28ClN3O4S/c1-13-4-2-6-17(13)23-21(27)24-18-8-7-16(22)20(19(18)26)30(28,29)15-9-11-25-10-3-5-14(25)12-15/h4,7-8,14-15,17,26H,2-3,5-6,9-12H2,1H3,(H2,23,24,27)/t14-,15?,17+/m0/s1. The molecule has 1 aromatic rings. The van der Waals surface area contributed by atoms with Gasteiger partial charge in [0.05, 0.1) is 22.0 Å². The van der Waals surface area contributed by atoms with Crippen LogP contribution in [0.15, 0.2) is 28.7 Å². The number of fused-ring (bicyclic) bond motifs is 1.